The minimum atomic E-state index is 0.414. The first-order valence-electron chi connectivity index (χ1n) is 7.83. The number of piperidine rings is 1. The standard InChI is InChI=1S/C17H24N4/c1-13(2)17-19-8-10-21(17)15-6-7-18-16(11-15)14-5-4-9-20(3)12-14/h6-8,10-11,13-14H,4-5,9,12H2,1-3H3/t14-/m1/s1. The highest BCUT2D eigenvalue weighted by molar-refractivity contribution is 5.35. The molecule has 4 nitrogen and oxygen atoms in total. The van der Waals surface area contributed by atoms with E-state index in [1.54, 1.807) is 0 Å². The van der Waals surface area contributed by atoms with Crippen molar-refractivity contribution < 1.29 is 0 Å². The van der Waals surface area contributed by atoms with E-state index in [0.29, 0.717) is 11.8 Å². The van der Waals surface area contributed by atoms with Gasteiger partial charge in [-0.3, -0.25) is 4.98 Å². The molecular weight excluding hydrogens is 260 g/mol. The molecule has 21 heavy (non-hydrogen) atoms. The molecule has 1 aliphatic rings. The average molecular weight is 284 g/mol. The van der Waals surface area contributed by atoms with Crippen LogP contribution >= 0.6 is 0 Å². The van der Waals surface area contributed by atoms with E-state index >= 15 is 0 Å². The fraction of sp³-hybridized carbons (Fsp3) is 0.529. The maximum Gasteiger partial charge on any atom is 0.115 e. The summed E-state index contributed by atoms with van der Waals surface area (Å²) in [6.45, 7) is 6.67. The molecule has 2 aromatic rings. The lowest BCUT2D eigenvalue weighted by Crippen LogP contribution is -2.31. The molecule has 0 bridgehead atoms. The van der Waals surface area contributed by atoms with E-state index in [1.165, 1.54) is 30.8 Å². The zero-order chi connectivity index (χ0) is 14.8. The Kier molecular flexibility index (Phi) is 4.06. The van der Waals surface area contributed by atoms with Crippen LogP contribution in [0, 0.1) is 0 Å². The first-order valence-corrected chi connectivity index (χ1v) is 7.83. The Bertz CT molecular complexity index is 602. The summed E-state index contributed by atoms with van der Waals surface area (Å²) in [6, 6.07) is 4.31. The Balaban J connectivity index is 1.91. The van der Waals surface area contributed by atoms with Crippen molar-refractivity contribution in [3.63, 3.8) is 0 Å². The average Bonchev–Trinajstić information content (AvgIpc) is 2.97. The number of rotatable bonds is 3. The normalized spacial score (nSPS) is 20.1. The number of nitrogens with zero attached hydrogens (tertiary/aromatic N) is 4. The van der Waals surface area contributed by atoms with Crippen LogP contribution in [0.25, 0.3) is 5.69 Å². The topological polar surface area (TPSA) is 34.0 Å². The first-order chi connectivity index (χ1) is 10.1. The quantitative estimate of drug-likeness (QED) is 0.868. The molecular formula is C17H24N4. The van der Waals surface area contributed by atoms with E-state index in [9.17, 15) is 0 Å². The highest BCUT2D eigenvalue weighted by Gasteiger charge is 2.20. The summed E-state index contributed by atoms with van der Waals surface area (Å²) in [5, 5.41) is 0. The zero-order valence-electron chi connectivity index (χ0n) is 13.2. The fourth-order valence-electron chi connectivity index (χ4n) is 3.18. The Morgan fingerprint density at radius 3 is 2.86 bits per heavy atom. The van der Waals surface area contributed by atoms with Gasteiger partial charge in [-0.15, -0.1) is 0 Å². The van der Waals surface area contributed by atoms with Gasteiger partial charge in [-0.1, -0.05) is 13.8 Å². The summed E-state index contributed by atoms with van der Waals surface area (Å²) >= 11 is 0. The molecule has 1 aliphatic heterocycles. The van der Waals surface area contributed by atoms with Crippen LogP contribution in [0.2, 0.25) is 0 Å². The lowest BCUT2D eigenvalue weighted by atomic mass is 9.94. The molecule has 1 saturated heterocycles. The summed E-state index contributed by atoms with van der Waals surface area (Å²) in [6.07, 6.45) is 8.35. The largest absolute Gasteiger partial charge is 0.306 e. The number of likely N-dealkylation sites (tertiary alicyclic amines) is 1. The molecule has 0 spiro atoms. The third-order valence-electron chi connectivity index (χ3n) is 4.27. The fourth-order valence-corrected chi connectivity index (χ4v) is 3.18. The second-order valence-electron chi connectivity index (χ2n) is 6.35. The second-order valence-corrected chi connectivity index (χ2v) is 6.35. The number of imidazole rings is 1. The molecule has 1 fully saturated rings. The molecule has 112 valence electrons. The summed E-state index contributed by atoms with van der Waals surface area (Å²) in [4.78, 5) is 11.5. The molecule has 0 aliphatic carbocycles. The van der Waals surface area contributed by atoms with E-state index in [4.69, 9.17) is 0 Å². The van der Waals surface area contributed by atoms with Crippen molar-refractivity contribution in [3.8, 4) is 5.69 Å². The van der Waals surface area contributed by atoms with E-state index in [1.807, 2.05) is 18.6 Å². The molecule has 0 amide bonds. The van der Waals surface area contributed by atoms with Crippen molar-refractivity contribution in [2.24, 2.45) is 0 Å². The summed E-state index contributed by atoms with van der Waals surface area (Å²) in [5.74, 6) is 2.07. The third-order valence-corrected chi connectivity index (χ3v) is 4.27. The van der Waals surface area contributed by atoms with E-state index in [2.05, 4.69) is 52.5 Å². The van der Waals surface area contributed by atoms with E-state index in [0.717, 1.165) is 12.4 Å². The Labute approximate surface area is 126 Å². The van der Waals surface area contributed by atoms with Gasteiger partial charge in [0.05, 0.1) is 5.69 Å². The Morgan fingerprint density at radius 1 is 1.24 bits per heavy atom. The SMILES string of the molecule is CC(C)c1nccn1-c1ccnc([C@@H]2CCCN(C)C2)c1. The van der Waals surface area contributed by atoms with E-state index in [-0.39, 0.29) is 0 Å². The van der Waals surface area contributed by atoms with Gasteiger partial charge in [-0.05, 0) is 38.6 Å². The number of hydrogen-bond donors (Lipinski definition) is 0. The van der Waals surface area contributed by atoms with Gasteiger partial charge >= 0.3 is 0 Å². The molecule has 4 heteroatoms. The van der Waals surface area contributed by atoms with Crippen LogP contribution in [0.3, 0.4) is 0 Å². The molecule has 3 heterocycles. The van der Waals surface area contributed by atoms with Crippen LogP contribution in [0.15, 0.2) is 30.7 Å². The van der Waals surface area contributed by atoms with Crippen molar-refractivity contribution in [1.29, 1.82) is 0 Å². The van der Waals surface area contributed by atoms with Crippen LogP contribution in [0.4, 0.5) is 0 Å². The highest BCUT2D eigenvalue weighted by atomic mass is 15.1. The van der Waals surface area contributed by atoms with Gasteiger partial charge in [-0.25, -0.2) is 4.98 Å². The van der Waals surface area contributed by atoms with Gasteiger partial charge in [0.2, 0.25) is 0 Å². The zero-order valence-corrected chi connectivity index (χ0v) is 13.2. The van der Waals surface area contributed by atoms with Crippen molar-refractivity contribution >= 4 is 0 Å². The predicted molar refractivity (Wildman–Crippen MR) is 84.9 cm³/mol. The van der Waals surface area contributed by atoms with Gasteiger partial charge in [0.15, 0.2) is 0 Å². The maximum absolute atomic E-state index is 4.62. The van der Waals surface area contributed by atoms with Crippen LogP contribution in [0.1, 0.15) is 50.0 Å². The van der Waals surface area contributed by atoms with Crippen LogP contribution < -0.4 is 0 Å². The maximum atomic E-state index is 4.62. The number of hydrogen-bond acceptors (Lipinski definition) is 3. The van der Waals surface area contributed by atoms with E-state index < -0.39 is 0 Å². The van der Waals surface area contributed by atoms with Crippen LogP contribution in [0.5, 0.6) is 0 Å². The lowest BCUT2D eigenvalue weighted by Gasteiger charge is -2.29. The van der Waals surface area contributed by atoms with Crippen molar-refractivity contribution in [2.75, 3.05) is 20.1 Å². The molecule has 0 saturated carbocycles. The van der Waals surface area contributed by atoms with Crippen molar-refractivity contribution in [2.45, 2.75) is 38.5 Å². The lowest BCUT2D eigenvalue weighted by molar-refractivity contribution is 0.248. The smallest absolute Gasteiger partial charge is 0.115 e. The number of pyridine rings is 1. The second kappa shape index (κ2) is 5.98. The first kappa shape index (κ1) is 14.3. The molecule has 0 aromatic carbocycles. The number of aromatic nitrogens is 3. The minimum absolute atomic E-state index is 0.414. The molecule has 0 radical (unpaired) electrons. The predicted octanol–water partition coefficient (Wildman–Crippen LogP) is 3.20. The van der Waals surface area contributed by atoms with Gasteiger partial charge in [0, 0.05) is 42.7 Å². The summed E-state index contributed by atoms with van der Waals surface area (Å²) in [7, 11) is 2.20. The Morgan fingerprint density at radius 2 is 2.10 bits per heavy atom. The van der Waals surface area contributed by atoms with Crippen LogP contribution in [-0.2, 0) is 0 Å². The molecule has 1 atom stereocenters. The minimum Gasteiger partial charge on any atom is -0.306 e. The van der Waals surface area contributed by atoms with Crippen molar-refractivity contribution in [1.82, 2.24) is 19.4 Å². The number of likely N-dealkylation sites (N-methyl/N-ethyl adjacent to an activating group) is 1. The van der Waals surface area contributed by atoms with Crippen molar-refractivity contribution in [3.05, 3.63) is 42.2 Å². The summed E-state index contributed by atoms with van der Waals surface area (Å²) in [5.41, 5.74) is 2.39. The summed E-state index contributed by atoms with van der Waals surface area (Å²) < 4.78 is 2.18. The molecule has 2 aromatic heterocycles. The molecule has 0 N–H and O–H groups in total. The monoisotopic (exact) mass is 284 g/mol. The molecule has 0 unspecified atom stereocenters. The van der Waals surface area contributed by atoms with Gasteiger partial charge < -0.3 is 9.47 Å². The molecule has 3 rings (SSSR count). The van der Waals surface area contributed by atoms with Gasteiger partial charge in [0.1, 0.15) is 5.82 Å². The highest BCUT2D eigenvalue weighted by Crippen LogP contribution is 2.26. The third kappa shape index (κ3) is 3.00. The van der Waals surface area contributed by atoms with Gasteiger partial charge in [0.25, 0.3) is 0 Å². The van der Waals surface area contributed by atoms with Gasteiger partial charge in [-0.2, -0.15) is 0 Å². The van der Waals surface area contributed by atoms with Crippen LogP contribution in [-0.4, -0.2) is 39.6 Å². The Hall–Kier alpha value is -1.68.